The lowest BCUT2D eigenvalue weighted by Crippen LogP contribution is -2.47. The molecule has 2 unspecified atom stereocenters. The zero-order valence-corrected chi connectivity index (χ0v) is 13.4. The fourth-order valence-electron chi connectivity index (χ4n) is 3.40. The van der Waals surface area contributed by atoms with Crippen LogP contribution < -0.4 is 5.32 Å². The molecule has 2 aliphatic rings. The summed E-state index contributed by atoms with van der Waals surface area (Å²) in [6, 6.07) is 0. The number of hydrogen-bond acceptors (Lipinski definition) is 4. The molecule has 2 rings (SSSR count). The molecule has 2 N–H and O–H groups in total. The summed E-state index contributed by atoms with van der Waals surface area (Å²) in [5.74, 6) is 1.15. The molecule has 1 amide bonds. The highest BCUT2D eigenvalue weighted by atomic mass is 16.5. The fraction of sp³-hybridized carbons (Fsp3) is 0.938. The number of nitrogens with one attached hydrogen (secondary N) is 1. The number of piperidine rings is 1. The summed E-state index contributed by atoms with van der Waals surface area (Å²) >= 11 is 0. The van der Waals surface area contributed by atoms with Crippen molar-refractivity contribution in [3.05, 3.63) is 0 Å². The Morgan fingerprint density at radius 1 is 1.48 bits per heavy atom. The maximum absolute atomic E-state index is 12.4. The van der Waals surface area contributed by atoms with Crippen molar-refractivity contribution in [3.8, 4) is 0 Å². The second-order valence-electron chi connectivity index (χ2n) is 6.87. The third-order valence-corrected chi connectivity index (χ3v) is 5.02. The highest BCUT2D eigenvalue weighted by Crippen LogP contribution is 2.25. The summed E-state index contributed by atoms with van der Waals surface area (Å²) in [5.41, 5.74) is -0.766. The minimum absolute atomic E-state index is 0.146. The maximum atomic E-state index is 12.4. The van der Waals surface area contributed by atoms with Crippen LogP contribution in [0.2, 0.25) is 0 Å². The van der Waals surface area contributed by atoms with Crippen LogP contribution in [0.5, 0.6) is 0 Å². The van der Waals surface area contributed by atoms with Gasteiger partial charge in [0.05, 0.1) is 5.60 Å². The summed E-state index contributed by atoms with van der Waals surface area (Å²) in [4.78, 5) is 14.1. The van der Waals surface area contributed by atoms with E-state index in [1.165, 1.54) is 12.8 Å². The van der Waals surface area contributed by atoms with E-state index in [4.69, 9.17) is 4.74 Å². The van der Waals surface area contributed by atoms with E-state index in [1.807, 2.05) is 7.05 Å². The van der Waals surface area contributed by atoms with Crippen LogP contribution in [0.4, 0.5) is 0 Å². The average Bonchev–Trinajstić information content (AvgIpc) is 2.48. The lowest BCUT2D eigenvalue weighted by molar-refractivity contribution is -0.138. The first kappa shape index (κ1) is 16.7. The maximum Gasteiger partial charge on any atom is 0.222 e. The minimum Gasteiger partial charge on any atom is -0.388 e. The first-order chi connectivity index (χ1) is 10.0. The first-order valence-corrected chi connectivity index (χ1v) is 8.25. The molecular formula is C16H30N2O3. The molecule has 122 valence electrons. The SMILES string of the molecule is CC(CC(=O)N(C)CC1(O)CCOCC1)C1CCCNC1. The number of rotatable bonds is 5. The molecule has 5 nitrogen and oxygen atoms in total. The summed E-state index contributed by atoms with van der Waals surface area (Å²) in [6.07, 6.45) is 4.24. The van der Waals surface area contributed by atoms with Gasteiger partial charge < -0.3 is 20.1 Å². The van der Waals surface area contributed by atoms with E-state index in [9.17, 15) is 9.90 Å². The molecule has 0 bridgehead atoms. The molecule has 2 saturated heterocycles. The Bertz CT molecular complexity index is 336. The van der Waals surface area contributed by atoms with Gasteiger partial charge in [0, 0.05) is 46.1 Å². The second kappa shape index (κ2) is 7.56. The van der Waals surface area contributed by atoms with Gasteiger partial charge in [-0.25, -0.2) is 0 Å². The van der Waals surface area contributed by atoms with E-state index in [-0.39, 0.29) is 5.91 Å². The van der Waals surface area contributed by atoms with E-state index < -0.39 is 5.60 Å². The molecule has 2 atom stereocenters. The van der Waals surface area contributed by atoms with Gasteiger partial charge in [-0.1, -0.05) is 6.92 Å². The Morgan fingerprint density at radius 3 is 2.81 bits per heavy atom. The second-order valence-corrected chi connectivity index (χ2v) is 6.87. The van der Waals surface area contributed by atoms with E-state index in [0.717, 1.165) is 13.1 Å². The highest BCUT2D eigenvalue weighted by molar-refractivity contribution is 5.76. The van der Waals surface area contributed by atoms with Gasteiger partial charge in [0.25, 0.3) is 0 Å². The van der Waals surface area contributed by atoms with Gasteiger partial charge >= 0.3 is 0 Å². The Hall–Kier alpha value is -0.650. The normalized spacial score (nSPS) is 27.1. The quantitative estimate of drug-likeness (QED) is 0.795. The number of carbonyl (C=O) groups excluding carboxylic acids is 1. The first-order valence-electron chi connectivity index (χ1n) is 8.25. The number of ether oxygens (including phenoxy) is 1. The Balaban J connectivity index is 1.78. The van der Waals surface area contributed by atoms with E-state index in [0.29, 0.717) is 50.9 Å². The Morgan fingerprint density at radius 2 is 2.19 bits per heavy atom. The van der Waals surface area contributed by atoms with Gasteiger partial charge in [-0.15, -0.1) is 0 Å². The molecule has 0 aromatic carbocycles. The van der Waals surface area contributed by atoms with Gasteiger partial charge in [0.1, 0.15) is 0 Å². The predicted octanol–water partition coefficient (Wildman–Crippen LogP) is 1.01. The summed E-state index contributed by atoms with van der Waals surface area (Å²) in [6.45, 7) is 5.90. The van der Waals surface area contributed by atoms with Crippen LogP contribution in [0.25, 0.3) is 0 Å². The minimum atomic E-state index is -0.766. The molecule has 0 radical (unpaired) electrons. The molecular weight excluding hydrogens is 268 g/mol. The smallest absolute Gasteiger partial charge is 0.222 e. The van der Waals surface area contributed by atoms with Crippen LogP contribution in [-0.4, -0.2) is 61.4 Å². The number of likely N-dealkylation sites (N-methyl/N-ethyl adjacent to an activating group) is 1. The van der Waals surface area contributed by atoms with Crippen LogP contribution in [0.15, 0.2) is 0 Å². The van der Waals surface area contributed by atoms with Gasteiger partial charge in [0.2, 0.25) is 5.91 Å². The molecule has 2 fully saturated rings. The predicted molar refractivity (Wildman–Crippen MR) is 82.0 cm³/mol. The zero-order valence-electron chi connectivity index (χ0n) is 13.4. The van der Waals surface area contributed by atoms with Crippen molar-refractivity contribution < 1.29 is 14.6 Å². The number of amides is 1. The summed E-state index contributed by atoms with van der Waals surface area (Å²) in [7, 11) is 1.81. The molecule has 21 heavy (non-hydrogen) atoms. The molecule has 5 heteroatoms. The summed E-state index contributed by atoms with van der Waals surface area (Å²) in [5, 5.41) is 13.9. The molecule has 2 heterocycles. The fourth-order valence-corrected chi connectivity index (χ4v) is 3.40. The van der Waals surface area contributed by atoms with Crippen molar-refractivity contribution in [1.82, 2.24) is 10.2 Å². The molecule has 0 aromatic rings. The van der Waals surface area contributed by atoms with Crippen LogP contribution >= 0.6 is 0 Å². The van der Waals surface area contributed by atoms with Gasteiger partial charge in [-0.05, 0) is 37.8 Å². The van der Waals surface area contributed by atoms with Crippen molar-refractivity contribution in [2.45, 2.75) is 44.6 Å². The van der Waals surface area contributed by atoms with Crippen LogP contribution in [-0.2, 0) is 9.53 Å². The van der Waals surface area contributed by atoms with Crippen LogP contribution in [0, 0.1) is 11.8 Å². The van der Waals surface area contributed by atoms with Crippen LogP contribution in [0.3, 0.4) is 0 Å². The van der Waals surface area contributed by atoms with Crippen LogP contribution in [0.1, 0.15) is 39.0 Å². The monoisotopic (exact) mass is 298 g/mol. The van der Waals surface area contributed by atoms with Crippen molar-refractivity contribution in [2.75, 3.05) is 39.9 Å². The van der Waals surface area contributed by atoms with Gasteiger partial charge in [0.15, 0.2) is 0 Å². The van der Waals surface area contributed by atoms with Gasteiger partial charge in [-0.2, -0.15) is 0 Å². The zero-order chi connectivity index (χ0) is 15.3. The van der Waals surface area contributed by atoms with Crippen molar-refractivity contribution in [1.29, 1.82) is 0 Å². The third kappa shape index (κ3) is 4.94. The Kier molecular flexibility index (Phi) is 6.02. The Labute approximate surface area is 128 Å². The van der Waals surface area contributed by atoms with Crippen molar-refractivity contribution in [2.24, 2.45) is 11.8 Å². The number of carbonyl (C=O) groups is 1. The van der Waals surface area contributed by atoms with Gasteiger partial charge in [-0.3, -0.25) is 4.79 Å². The largest absolute Gasteiger partial charge is 0.388 e. The topological polar surface area (TPSA) is 61.8 Å². The number of aliphatic hydroxyl groups is 1. The van der Waals surface area contributed by atoms with E-state index in [2.05, 4.69) is 12.2 Å². The highest BCUT2D eigenvalue weighted by Gasteiger charge is 2.33. The van der Waals surface area contributed by atoms with Crippen molar-refractivity contribution >= 4 is 5.91 Å². The third-order valence-electron chi connectivity index (χ3n) is 5.02. The van der Waals surface area contributed by atoms with Crippen molar-refractivity contribution in [3.63, 3.8) is 0 Å². The summed E-state index contributed by atoms with van der Waals surface area (Å²) < 4.78 is 5.28. The number of hydrogen-bond donors (Lipinski definition) is 2. The lowest BCUT2D eigenvalue weighted by atomic mass is 9.85. The average molecular weight is 298 g/mol. The van der Waals surface area contributed by atoms with E-state index in [1.54, 1.807) is 4.90 Å². The molecule has 0 aliphatic carbocycles. The lowest BCUT2D eigenvalue weighted by Gasteiger charge is -2.36. The molecule has 0 spiro atoms. The molecule has 2 aliphatic heterocycles. The molecule has 0 saturated carbocycles. The van der Waals surface area contributed by atoms with E-state index >= 15 is 0 Å². The standard InChI is InChI=1S/C16H30N2O3/c1-13(14-4-3-7-17-11-14)10-15(19)18(2)12-16(20)5-8-21-9-6-16/h13-14,17,20H,3-12H2,1-2H3. The number of nitrogens with zero attached hydrogens (tertiary/aromatic N) is 1. The molecule has 0 aromatic heterocycles.